The van der Waals surface area contributed by atoms with E-state index in [-0.39, 0.29) is 10.5 Å². The molecule has 2 aliphatic rings. The number of hydrogen-bond acceptors (Lipinski definition) is 3. The second-order valence-electron chi connectivity index (χ2n) is 9.23. The molecule has 1 aromatic carbocycles. The summed E-state index contributed by atoms with van der Waals surface area (Å²) in [7, 11) is -3.82. The molecule has 3 rings (SSSR count). The van der Waals surface area contributed by atoms with E-state index in [2.05, 4.69) is 21.8 Å². The van der Waals surface area contributed by atoms with Crippen LogP contribution in [0.25, 0.3) is 0 Å². The van der Waals surface area contributed by atoms with Crippen molar-refractivity contribution in [3.8, 4) is 0 Å². The molecule has 1 aliphatic carbocycles. The van der Waals surface area contributed by atoms with E-state index in [1.165, 1.54) is 39.3 Å². The van der Waals surface area contributed by atoms with Crippen LogP contribution >= 0.6 is 0 Å². The summed E-state index contributed by atoms with van der Waals surface area (Å²) < 4.78 is 66.1. The minimum absolute atomic E-state index is 0.0898. The number of sulfonamides is 1. The zero-order valence-corrected chi connectivity index (χ0v) is 19.6. The summed E-state index contributed by atoms with van der Waals surface area (Å²) in [4.78, 5) is 2.42. The molecule has 2 fully saturated rings. The van der Waals surface area contributed by atoms with Crippen LogP contribution in [0.3, 0.4) is 0 Å². The van der Waals surface area contributed by atoms with Gasteiger partial charge in [0.2, 0.25) is 10.0 Å². The fourth-order valence-corrected chi connectivity index (χ4v) is 6.09. The second kappa shape index (κ2) is 11.2. The Labute approximate surface area is 190 Å². The van der Waals surface area contributed by atoms with Gasteiger partial charge in [0.15, 0.2) is 0 Å². The summed E-state index contributed by atoms with van der Waals surface area (Å²) in [6.45, 7) is 5.16. The maximum Gasteiger partial charge on any atom is 0.416 e. The first-order valence-electron chi connectivity index (χ1n) is 11.7. The third-order valence-electron chi connectivity index (χ3n) is 6.75. The van der Waals surface area contributed by atoms with Gasteiger partial charge in [-0.15, -0.1) is 0 Å². The Bertz CT molecular complexity index is 870. The van der Waals surface area contributed by atoms with Gasteiger partial charge >= 0.3 is 6.18 Å². The number of hydrogen-bond donors (Lipinski definition) is 1. The van der Waals surface area contributed by atoms with E-state index < -0.39 is 21.8 Å². The molecule has 0 spiro atoms. The predicted molar refractivity (Wildman–Crippen MR) is 121 cm³/mol. The van der Waals surface area contributed by atoms with Crippen molar-refractivity contribution in [2.45, 2.75) is 69.4 Å². The monoisotopic (exact) mass is 472 g/mol. The second-order valence-corrected chi connectivity index (χ2v) is 11.0. The molecule has 0 atom stereocenters. The maximum atomic E-state index is 12.8. The highest BCUT2D eigenvalue weighted by atomic mass is 32.2. The van der Waals surface area contributed by atoms with Gasteiger partial charge in [-0.3, -0.25) is 4.90 Å². The number of nitrogens with one attached hydrogen (secondary N) is 1. The number of nitrogens with zero attached hydrogens (tertiary/aromatic N) is 1. The number of allylic oxidation sites excluding steroid dienone is 1. The molecular weight excluding hydrogens is 437 g/mol. The van der Waals surface area contributed by atoms with Gasteiger partial charge in [0.1, 0.15) is 0 Å². The molecule has 1 aromatic rings. The molecule has 1 heterocycles. The SMILES string of the molecule is Cc1cc(C(F)(F)F)ccc1S(=O)(=O)NCCC1CCC(/C=C/CN2CCCCC2)CC1. The highest BCUT2D eigenvalue weighted by Crippen LogP contribution is 2.32. The van der Waals surface area contributed by atoms with Gasteiger partial charge in [-0.25, -0.2) is 13.1 Å². The third-order valence-corrected chi connectivity index (χ3v) is 8.37. The van der Waals surface area contributed by atoms with E-state index in [9.17, 15) is 21.6 Å². The van der Waals surface area contributed by atoms with Crippen molar-refractivity contribution in [1.82, 2.24) is 9.62 Å². The minimum Gasteiger partial charge on any atom is -0.300 e. The largest absolute Gasteiger partial charge is 0.416 e. The third kappa shape index (κ3) is 7.32. The normalized spacial score (nSPS) is 23.6. The molecule has 1 aliphatic heterocycles. The Hall–Kier alpha value is -1.38. The highest BCUT2D eigenvalue weighted by molar-refractivity contribution is 7.89. The van der Waals surface area contributed by atoms with Crippen molar-refractivity contribution >= 4 is 10.0 Å². The summed E-state index contributed by atoms with van der Waals surface area (Å²) in [5.74, 6) is 1.10. The van der Waals surface area contributed by atoms with Gasteiger partial charge in [-0.2, -0.15) is 13.2 Å². The average Bonchev–Trinajstić information content (AvgIpc) is 2.74. The average molecular weight is 473 g/mol. The van der Waals surface area contributed by atoms with Crippen LogP contribution in [0.1, 0.15) is 62.5 Å². The fraction of sp³-hybridized carbons (Fsp3) is 0.667. The van der Waals surface area contributed by atoms with E-state index in [0.29, 0.717) is 18.4 Å². The van der Waals surface area contributed by atoms with E-state index >= 15 is 0 Å². The van der Waals surface area contributed by atoms with Gasteiger partial charge in [-0.1, -0.05) is 18.6 Å². The molecular formula is C24H35F3N2O2S. The van der Waals surface area contributed by atoms with Crippen LogP contribution < -0.4 is 4.72 Å². The lowest BCUT2D eigenvalue weighted by molar-refractivity contribution is -0.137. The molecule has 0 bridgehead atoms. The standard InChI is InChI=1S/C24H35F3N2O2S/c1-19-18-22(24(25,26)27)11-12-23(19)32(30,31)28-14-13-21-9-7-20(8-10-21)6-5-17-29-15-3-2-4-16-29/h5-6,11-12,18,20-21,28H,2-4,7-10,13-17H2,1H3/b6-5+. The van der Waals surface area contributed by atoms with Crippen molar-refractivity contribution in [3.63, 3.8) is 0 Å². The topological polar surface area (TPSA) is 49.4 Å². The number of alkyl halides is 3. The van der Waals surface area contributed by atoms with Gasteiger partial charge in [0.05, 0.1) is 10.5 Å². The number of aryl methyl sites for hydroxylation is 1. The first-order valence-corrected chi connectivity index (χ1v) is 13.2. The maximum absolute atomic E-state index is 12.8. The van der Waals surface area contributed by atoms with Crippen molar-refractivity contribution in [3.05, 3.63) is 41.5 Å². The zero-order chi connectivity index (χ0) is 23.2. The number of benzene rings is 1. The molecule has 0 unspecified atom stereocenters. The van der Waals surface area contributed by atoms with E-state index in [4.69, 9.17) is 0 Å². The lowest BCUT2D eigenvalue weighted by atomic mass is 9.80. The van der Waals surface area contributed by atoms with Gasteiger partial charge in [-0.05, 0) is 101 Å². The summed E-state index contributed by atoms with van der Waals surface area (Å²) in [5.41, 5.74) is -0.736. The summed E-state index contributed by atoms with van der Waals surface area (Å²) >= 11 is 0. The van der Waals surface area contributed by atoms with Crippen LogP contribution in [0.5, 0.6) is 0 Å². The molecule has 0 aromatic heterocycles. The number of likely N-dealkylation sites (tertiary alicyclic amines) is 1. The molecule has 4 nitrogen and oxygen atoms in total. The van der Waals surface area contributed by atoms with Crippen LogP contribution in [0.15, 0.2) is 35.2 Å². The van der Waals surface area contributed by atoms with Crippen LogP contribution in [0.2, 0.25) is 0 Å². The lowest BCUT2D eigenvalue weighted by Crippen LogP contribution is -2.29. The van der Waals surface area contributed by atoms with E-state index in [0.717, 1.165) is 56.8 Å². The molecule has 1 saturated carbocycles. The van der Waals surface area contributed by atoms with Crippen molar-refractivity contribution in [2.24, 2.45) is 11.8 Å². The van der Waals surface area contributed by atoms with Gasteiger partial charge in [0, 0.05) is 13.1 Å². The quantitative estimate of drug-likeness (QED) is 0.506. The molecule has 180 valence electrons. The minimum atomic E-state index is -4.48. The number of piperidine rings is 1. The van der Waals surface area contributed by atoms with Gasteiger partial charge < -0.3 is 0 Å². The Morgan fingerprint density at radius 1 is 1.09 bits per heavy atom. The lowest BCUT2D eigenvalue weighted by Gasteiger charge is -2.28. The molecule has 32 heavy (non-hydrogen) atoms. The molecule has 1 saturated heterocycles. The molecule has 0 radical (unpaired) electrons. The first-order chi connectivity index (χ1) is 15.1. The molecule has 8 heteroatoms. The van der Waals surface area contributed by atoms with Crippen LogP contribution in [0, 0.1) is 18.8 Å². The smallest absolute Gasteiger partial charge is 0.300 e. The van der Waals surface area contributed by atoms with Crippen LogP contribution in [-0.2, 0) is 16.2 Å². The summed E-state index contributed by atoms with van der Waals surface area (Å²) in [6.07, 6.45) is 9.34. The predicted octanol–water partition coefficient (Wildman–Crippen LogP) is 5.53. The van der Waals surface area contributed by atoms with E-state index in [1.807, 2.05) is 0 Å². The first kappa shape index (κ1) is 25.2. The zero-order valence-electron chi connectivity index (χ0n) is 18.8. The summed E-state index contributed by atoms with van der Waals surface area (Å²) in [5, 5.41) is 0. The van der Waals surface area contributed by atoms with Crippen molar-refractivity contribution in [2.75, 3.05) is 26.2 Å². The van der Waals surface area contributed by atoms with Gasteiger partial charge in [0.25, 0.3) is 0 Å². The van der Waals surface area contributed by atoms with E-state index in [1.54, 1.807) is 0 Å². The van der Waals surface area contributed by atoms with Crippen LogP contribution in [-0.4, -0.2) is 39.5 Å². The van der Waals surface area contributed by atoms with Crippen LogP contribution in [0.4, 0.5) is 13.2 Å². The highest BCUT2D eigenvalue weighted by Gasteiger charge is 2.31. The summed E-state index contributed by atoms with van der Waals surface area (Å²) in [6, 6.07) is 2.75. The Morgan fingerprint density at radius 2 is 1.78 bits per heavy atom. The molecule has 0 amide bonds. The molecule has 1 N–H and O–H groups in total. The Balaban J connectivity index is 1.40. The Kier molecular flexibility index (Phi) is 8.81. The number of halogens is 3. The fourth-order valence-electron chi connectivity index (χ4n) is 4.82. The Morgan fingerprint density at radius 3 is 2.41 bits per heavy atom. The number of rotatable bonds is 8. The van der Waals surface area contributed by atoms with Crippen molar-refractivity contribution < 1.29 is 21.6 Å². The van der Waals surface area contributed by atoms with Crippen molar-refractivity contribution in [1.29, 1.82) is 0 Å².